The monoisotopic (exact) mass is 341 g/mol. The summed E-state index contributed by atoms with van der Waals surface area (Å²) >= 11 is 0. The van der Waals surface area contributed by atoms with Crippen LogP contribution in [-0.4, -0.2) is 63.9 Å². The summed E-state index contributed by atoms with van der Waals surface area (Å²) in [4.78, 5) is -1.15. The maximum Gasteiger partial charge on any atom is 0.246 e. The number of nitrogens with zero attached hydrogens (tertiary/aromatic N) is 1. The third-order valence-electron chi connectivity index (χ3n) is 2.65. The molecule has 0 saturated heterocycles. The first-order chi connectivity index (χ1) is 9.64. The highest BCUT2D eigenvalue weighted by molar-refractivity contribution is 7.91. The molecule has 7 nitrogen and oxygen atoms in total. The normalized spacial score (nSPS) is 12.8. The minimum Gasteiger partial charge on any atom is -0.395 e. The number of aliphatic hydroxyl groups is 2. The van der Waals surface area contributed by atoms with E-state index in [1.807, 2.05) is 0 Å². The summed E-state index contributed by atoms with van der Waals surface area (Å²) in [5.74, 6) is -1.11. The Bertz CT molecular complexity index is 695. The summed E-state index contributed by atoms with van der Waals surface area (Å²) in [6.07, 6.45) is 0.871. The number of benzene rings is 1. The van der Waals surface area contributed by atoms with Crippen LogP contribution in [-0.2, 0) is 19.9 Å². The van der Waals surface area contributed by atoms with Crippen LogP contribution in [0.2, 0.25) is 0 Å². The zero-order valence-electron chi connectivity index (χ0n) is 11.2. The van der Waals surface area contributed by atoms with Gasteiger partial charge in [0.15, 0.2) is 9.84 Å². The van der Waals surface area contributed by atoms with Crippen molar-refractivity contribution in [1.29, 1.82) is 0 Å². The number of hydrogen-bond acceptors (Lipinski definition) is 6. The van der Waals surface area contributed by atoms with Crippen LogP contribution in [0.15, 0.2) is 28.0 Å². The molecular formula is C11H16FNO6S2. The summed E-state index contributed by atoms with van der Waals surface area (Å²) in [7, 11) is -8.07. The lowest BCUT2D eigenvalue weighted by atomic mass is 10.3. The predicted octanol–water partition coefficient (Wildman–Crippen LogP) is -0.795. The summed E-state index contributed by atoms with van der Waals surface area (Å²) in [5, 5.41) is 17.7. The van der Waals surface area contributed by atoms with E-state index in [-0.39, 0.29) is 18.0 Å². The zero-order valence-corrected chi connectivity index (χ0v) is 12.9. The number of aliphatic hydroxyl groups excluding tert-OH is 2. The Balaban J connectivity index is 3.42. The number of sulfone groups is 1. The Kier molecular flexibility index (Phi) is 5.82. The lowest BCUT2D eigenvalue weighted by molar-refractivity contribution is 0.217. The number of halogens is 1. The van der Waals surface area contributed by atoms with Crippen molar-refractivity contribution in [1.82, 2.24) is 4.31 Å². The van der Waals surface area contributed by atoms with Crippen molar-refractivity contribution in [2.75, 3.05) is 32.6 Å². The van der Waals surface area contributed by atoms with Crippen molar-refractivity contribution in [2.24, 2.45) is 0 Å². The van der Waals surface area contributed by atoms with E-state index in [1.165, 1.54) is 0 Å². The maximum atomic E-state index is 13.8. The molecule has 1 rings (SSSR count). The molecule has 1 aromatic carbocycles. The Morgan fingerprint density at radius 2 is 1.62 bits per heavy atom. The van der Waals surface area contributed by atoms with E-state index >= 15 is 0 Å². The average molecular weight is 341 g/mol. The minimum absolute atomic E-state index is 0.338. The summed E-state index contributed by atoms with van der Waals surface area (Å²) < 4.78 is 61.9. The Labute approximate surface area is 122 Å². The summed E-state index contributed by atoms with van der Waals surface area (Å²) in [5.41, 5.74) is 0. The van der Waals surface area contributed by atoms with Crippen LogP contribution in [0.3, 0.4) is 0 Å². The molecule has 0 spiro atoms. The second kappa shape index (κ2) is 6.79. The molecule has 0 atom stereocenters. The van der Waals surface area contributed by atoms with Gasteiger partial charge in [-0.05, 0) is 18.2 Å². The molecule has 0 aliphatic heterocycles. The summed E-state index contributed by atoms with van der Waals surface area (Å²) in [6, 6.07) is 2.44. The van der Waals surface area contributed by atoms with E-state index in [0.717, 1.165) is 24.5 Å². The first-order valence-corrected chi connectivity index (χ1v) is 9.19. The molecule has 0 bridgehead atoms. The third-order valence-corrected chi connectivity index (χ3v) is 5.67. The molecule has 0 amide bonds. The first kappa shape index (κ1) is 18.0. The molecule has 0 unspecified atom stereocenters. The van der Waals surface area contributed by atoms with Crippen LogP contribution < -0.4 is 0 Å². The van der Waals surface area contributed by atoms with Crippen molar-refractivity contribution in [3.05, 3.63) is 24.0 Å². The predicted molar refractivity (Wildman–Crippen MR) is 72.4 cm³/mol. The van der Waals surface area contributed by atoms with Crippen LogP contribution in [0.5, 0.6) is 0 Å². The van der Waals surface area contributed by atoms with Crippen LogP contribution in [0.4, 0.5) is 4.39 Å². The standard InChI is InChI=1S/C11H16FNO6S2/c1-20(16,17)9-2-3-10(12)11(8-9)21(18,19)13(4-6-14)5-7-15/h2-3,8,14-15H,4-7H2,1H3. The molecule has 0 saturated carbocycles. The zero-order chi connectivity index (χ0) is 16.3. The molecule has 0 fully saturated rings. The topological polar surface area (TPSA) is 112 Å². The van der Waals surface area contributed by atoms with E-state index in [9.17, 15) is 21.2 Å². The minimum atomic E-state index is -4.36. The second-order valence-electron chi connectivity index (χ2n) is 4.22. The molecule has 120 valence electrons. The van der Waals surface area contributed by atoms with Gasteiger partial charge in [0.05, 0.1) is 18.1 Å². The lowest BCUT2D eigenvalue weighted by Crippen LogP contribution is -2.36. The smallest absolute Gasteiger partial charge is 0.246 e. The average Bonchev–Trinajstić information content (AvgIpc) is 2.37. The quantitative estimate of drug-likeness (QED) is 0.628. The fourth-order valence-corrected chi connectivity index (χ4v) is 3.86. The van der Waals surface area contributed by atoms with Gasteiger partial charge in [0.25, 0.3) is 0 Å². The fourth-order valence-electron chi connectivity index (χ4n) is 1.63. The molecule has 2 N–H and O–H groups in total. The van der Waals surface area contributed by atoms with Gasteiger partial charge in [-0.1, -0.05) is 0 Å². The van der Waals surface area contributed by atoms with Crippen molar-refractivity contribution in [3.8, 4) is 0 Å². The Morgan fingerprint density at radius 1 is 1.10 bits per heavy atom. The van der Waals surface area contributed by atoms with Gasteiger partial charge in [-0.25, -0.2) is 21.2 Å². The first-order valence-electron chi connectivity index (χ1n) is 5.86. The van der Waals surface area contributed by atoms with E-state index in [0.29, 0.717) is 4.31 Å². The van der Waals surface area contributed by atoms with Crippen LogP contribution in [0.25, 0.3) is 0 Å². The van der Waals surface area contributed by atoms with E-state index in [1.54, 1.807) is 0 Å². The molecule has 0 heterocycles. The highest BCUT2D eigenvalue weighted by Gasteiger charge is 2.28. The van der Waals surface area contributed by atoms with E-state index in [2.05, 4.69) is 0 Å². The van der Waals surface area contributed by atoms with Crippen molar-refractivity contribution in [3.63, 3.8) is 0 Å². The number of hydrogen-bond donors (Lipinski definition) is 2. The maximum absolute atomic E-state index is 13.8. The van der Waals surface area contributed by atoms with Gasteiger partial charge in [0.2, 0.25) is 10.0 Å². The molecule has 0 aromatic heterocycles. The van der Waals surface area contributed by atoms with Crippen molar-refractivity contribution in [2.45, 2.75) is 9.79 Å². The van der Waals surface area contributed by atoms with Crippen LogP contribution >= 0.6 is 0 Å². The summed E-state index contributed by atoms with van der Waals surface area (Å²) in [6.45, 7) is -1.73. The van der Waals surface area contributed by atoms with Gasteiger partial charge >= 0.3 is 0 Å². The highest BCUT2D eigenvalue weighted by Crippen LogP contribution is 2.22. The van der Waals surface area contributed by atoms with Gasteiger partial charge in [-0.2, -0.15) is 4.31 Å². The van der Waals surface area contributed by atoms with Crippen LogP contribution in [0.1, 0.15) is 0 Å². The lowest BCUT2D eigenvalue weighted by Gasteiger charge is -2.20. The highest BCUT2D eigenvalue weighted by atomic mass is 32.2. The molecule has 10 heteroatoms. The number of sulfonamides is 1. The van der Waals surface area contributed by atoms with Gasteiger partial charge in [0.1, 0.15) is 10.7 Å². The van der Waals surface area contributed by atoms with Gasteiger partial charge in [-0.15, -0.1) is 0 Å². The van der Waals surface area contributed by atoms with Gasteiger partial charge in [0, 0.05) is 19.3 Å². The molecule has 0 aliphatic carbocycles. The molecular weight excluding hydrogens is 325 g/mol. The van der Waals surface area contributed by atoms with Crippen molar-refractivity contribution < 1.29 is 31.4 Å². The van der Waals surface area contributed by atoms with E-state index < -0.39 is 43.8 Å². The molecule has 21 heavy (non-hydrogen) atoms. The number of rotatable bonds is 7. The van der Waals surface area contributed by atoms with Gasteiger partial charge in [-0.3, -0.25) is 0 Å². The third kappa shape index (κ3) is 4.20. The van der Waals surface area contributed by atoms with Gasteiger partial charge < -0.3 is 10.2 Å². The Morgan fingerprint density at radius 3 is 2.05 bits per heavy atom. The Hall–Kier alpha value is -1.07. The largest absolute Gasteiger partial charge is 0.395 e. The van der Waals surface area contributed by atoms with Crippen molar-refractivity contribution >= 4 is 19.9 Å². The fraction of sp³-hybridized carbons (Fsp3) is 0.455. The van der Waals surface area contributed by atoms with Crippen LogP contribution in [0, 0.1) is 5.82 Å². The molecule has 1 aromatic rings. The van der Waals surface area contributed by atoms with E-state index in [4.69, 9.17) is 10.2 Å². The molecule has 0 aliphatic rings. The molecule has 0 radical (unpaired) electrons. The second-order valence-corrected chi connectivity index (χ2v) is 8.14. The SMILES string of the molecule is CS(=O)(=O)c1ccc(F)c(S(=O)(=O)N(CCO)CCO)c1.